The van der Waals surface area contributed by atoms with Crippen molar-refractivity contribution in [1.29, 1.82) is 0 Å². The van der Waals surface area contributed by atoms with Gasteiger partial charge in [-0.3, -0.25) is 0 Å². The first-order valence-electron chi connectivity index (χ1n) is 6.29. The fourth-order valence-corrected chi connectivity index (χ4v) is 3.02. The van der Waals surface area contributed by atoms with Crippen LogP contribution in [0.5, 0.6) is 0 Å². The Kier molecular flexibility index (Phi) is 2.30. The van der Waals surface area contributed by atoms with Crippen LogP contribution in [0.3, 0.4) is 0 Å². The summed E-state index contributed by atoms with van der Waals surface area (Å²) in [7, 11) is 1.92. The van der Waals surface area contributed by atoms with Crippen LogP contribution in [0.1, 0.15) is 0 Å². The zero-order valence-electron chi connectivity index (χ0n) is 10.7. The van der Waals surface area contributed by atoms with Gasteiger partial charge in [-0.15, -0.1) is 0 Å². The van der Waals surface area contributed by atoms with Crippen LogP contribution in [-0.4, -0.2) is 9.55 Å². The Morgan fingerprint density at radius 1 is 1.05 bits per heavy atom. The highest BCUT2D eigenvalue weighted by molar-refractivity contribution is 6.35. The van der Waals surface area contributed by atoms with Crippen molar-refractivity contribution in [3.05, 3.63) is 53.3 Å². The summed E-state index contributed by atoms with van der Waals surface area (Å²) in [5, 5.41) is 1.99. The third kappa shape index (κ3) is 1.36. The fourth-order valence-electron chi connectivity index (χ4n) is 2.80. The lowest BCUT2D eigenvalue weighted by Gasteiger charge is -2.13. The van der Waals surface area contributed by atoms with Crippen LogP contribution in [0.25, 0.3) is 33.2 Å². The Bertz CT molecular complexity index is 942. The summed E-state index contributed by atoms with van der Waals surface area (Å²) in [5.74, 6) is -0.291. The molecular formula is C16H10ClFN2. The Morgan fingerprint density at radius 3 is 2.65 bits per heavy atom. The lowest BCUT2D eigenvalue weighted by Crippen LogP contribution is -2.02. The molecule has 0 spiro atoms. The van der Waals surface area contributed by atoms with E-state index in [0.29, 0.717) is 21.6 Å². The largest absolute Gasteiger partial charge is 0.342 e. The van der Waals surface area contributed by atoms with E-state index >= 15 is 0 Å². The molecule has 0 bridgehead atoms. The quantitative estimate of drug-likeness (QED) is 0.460. The van der Waals surface area contributed by atoms with Crippen LogP contribution in [0.2, 0.25) is 5.02 Å². The SMILES string of the molecule is Cn1c2c3cccc(Cl)c3nc-2c(F)c2ccccc21. The van der Waals surface area contributed by atoms with E-state index in [-0.39, 0.29) is 5.82 Å². The Labute approximate surface area is 119 Å². The summed E-state index contributed by atoms with van der Waals surface area (Å²) >= 11 is 6.17. The van der Waals surface area contributed by atoms with Gasteiger partial charge in [0.1, 0.15) is 5.69 Å². The van der Waals surface area contributed by atoms with Crippen molar-refractivity contribution in [2.75, 3.05) is 0 Å². The maximum absolute atomic E-state index is 14.7. The molecule has 2 aliphatic rings. The molecule has 20 heavy (non-hydrogen) atoms. The monoisotopic (exact) mass is 284 g/mol. The van der Waals surface area contributed by atoms with Crippen molar-refractivity contribution < 1.29 is 4.39 Å². The van der Waals surface area contributed by atoms with E-state index in [9.17, 15) is 4.39 Å². The standard InChI is InChI=1S/C16H10ClFN2/c1-20-12-8-3-2-5-9(12)13(18)15-16(20)10-6-4-7-11(17)14(10)19-15/h2-8H,1H3. The van der Waals surface area contributed by atoms with Gasteiger partial charge in [-0.1, -0.05) is 35.9 Å². The number of hydrogen-bond acceptors (Lipinski definition) is 1. The van der Waals surface area contributed by atoms with E-state index in [1.807, 2.05) is 41.9 Å². The normalized spacial score (nSPS) is 11.8. The van der Waals surface area contributed by atoms with Gasteiger partial charge in [0.15, 0.2) is 5.82 Å². The number of aryl methyl sites for hydroxylation is 1. The first-order chi connectivity index (χ1) is 9.68. The summed E-state index contributed by atoms with van der Waals surface area (Å²) in [6, 6.07) is 13.0. The van der Waals surface area contributed by atoms with E-state index in [1.165, 1.54) is 0 Å². The molecule has 0 unspecified atom stereocenters. The number of aromatic nitrogens is 2. The number of benzene rings is 2. The van der Waals surface area contributed by atoms with Gasteiger partial charge in [-0.25, -0.2) is 9.37 Å². The van der Waals surface area contributed by atoms with Crippen molar-refractivity contribution in [3.63, 3.8) is 0 Å². The Morgan fingerprint density at radius 2 is 1.80 bits per heavy atom. The minimum atomic E-state index is -0.291. The average Bonchev–Trinajstić information content (AvgIpc) is 2.86. The fraction of sp³-hybridized carbons (Fsp3) is 0.0625. The molecule has 0 N–H and O–H groups in total. The van der Waals surface area contributed by atoms with Crippen LogP contribution < -0.4 is 0 Å². The minimum absolute atomic E-state index is 0.291. The molecule has 0 fully saturated rings. The summed E-state index contributed by atoms with van der Waals surface area (Å²) in [6.07, 6.45) is 0. The molecule has 2 heterocycles. The lowest BCUT2D eigenvalue weighted by molar-refractivity contribution is 0.635. The molecule has 2 aromatic carbocycles. The zero-order chi connectivity index (χ0) is 13.9. The number of fused-ring (bicyclic) bond motifs is 4. The van der Waals surface area contributed by atoms with Gasteiger partial charge in [-0.05, 0) is 18.2 Å². The van der Waals surface area contributed by atoms with E-state index in [1.54, 1.807) is 12.1 Å². The van der Waals surface area contributed by atoms with Crippen molar-refractivity contribution in [2.45, 2.75) is 0 Å². The van der Waals surface area contributed by atoms with Crippen molar-refractivity contribution >= 4 is 33.4 Å². The molecule has 98 valence electrons. The van der Waals surface area contributed by atoms with E-state index in [0.717, 1.165) is 16.6 Å². The second kappa shape index (κ2) is 3.93. The molecule has 0 saturated heterocycles. The molecule has 0 aliphatic carbocycles. The summed E-state index contributed by atoms with van der Waals surface area (Å²) in [6.45, 7) is 0. The number of pyridine rings is 1. The second-order valence-electron chi connectivity index (χ2n) is 4.84. The first kappa shape index (κ1) is 11.7. The third-order valence-corrected chi connectivity index (χ3v) is 4.04. The van der Waals surface area contributed by atoms with Gasteiger partial charge >= 0.3 is 0 Å². The molecule has 0 radical (unpaired) electrons. The van der Waals surface area contributed by atoms with Crippen LogP contribution in [-0.2, 0) is 7.05 Å². The van der Waals surface area contributed by atoms with Gasteiger partial charge in [0.05, 0.1) is 21.7 Å². The molecule has 4 rings (SSSR count). The maximum Gasteiger partial charge on any atom is 0.160 e. The van der Waals surface area contributed by atoms with Gasteiger partial charge in [-0.2, -0.15) is 0 Å². The smallest absolute Gasteiger partial charge is 0.160 e. The Balaban J connectivity index is 2.35. The number of nitrogens with zero attached hydrogens (tertiary/aromatic N) is 2. The summed E-state index contributed by atoms with van der Waals surface area (Å²) in [5.41, 5.74) is 2.63. The van der Waals surface area contributed by atoms with Gasteiger partial charge in [0, 0.05) is 17.8 Å². The molecule has 4 heteroatoms. The number of para-hydroxylation sites is 2. The average molecular weight is 285 g/mol. The van der Waals surface area contributed by atoms with Gasteiger partial charge in [0.25, 0.3) is 0 Å². The number of rotatable bonds is 0. The van der Waals surface area contributed by atoms with E-state index < -0.39 is 0 Å². The molecule has 0 amide bonds. The molecule has 2 nitrogen and oxygen atoms in total. The number of halogens is 2. The molecule has 2 aliphatic heterocycles. The summed E-state index contributed by atoms with van der Waals surface area (Å²) in [4.78, 5) is 4.40. The zero-order valence-corrected chi connectivity index (χ0v) is 11.4. The highest BCUT2D eigenvalue weighted by atomic mass is 35.5. The van der Waals surface area contributed by atoms with Crippen molar-refractivity contribution in [3.8, 4) is 11.4 Å². The lowest BCUT2D eigenvalue weighted by atomic mass is 10.1. The van der Waals surface area contributed by atoms with Crippen LogP contribution >= 0.6 is 11.6 Å². The topological polar surface area (TPSA) is 17.8 Å². The van der Waals surface area contributed by atoms with Gasteiger partial charge < -0.3 is 4.57 Å². The highest BCUT2D eigenvalue weighted by Crippen LogP contribution is 2.38. The molecule has 0 aromatic heterocycles. The Hall–Kier alpha value is -2.13. The summed E-state index contributed by atoms with van der Waals surface area (Å²) < 4.78 is 16.7. The van der Waals surface area contributed by atoms with Crippen molar-refractivity contribution in [2.24, 2.45) is 7.05 Å². The first-order valence-corrected chi connectivity index (χ1v) is 6.67. The predicted molar refractivity (Wildman–Crippen MR) is 79.8 cm³/mol. The van der Waals surface area contributed by atoms with E-state index in [4.69, 9.17) is 11.6 Å². The van der Waals surface area contributed by atoms with Crippen molar-refractivity contribution in [1.82, 2.24) is 9.55 Å². The van der Waals surface area contributed by atoms with Gasteiger partial charge in [0.2, 0.25) is 0 Å². The minimum Gasteiger partial charge on any atom is -0.342 e. The highest BCUT2D eigenvalue weighted by Gasteiger charge is 2.22. The van der Waals surface area contributed by atoms with E-state index in [2.05, 4.69) is 4.98 Å². The third-order valence-electron chi connectivity index (χ3n) is 3.74. The maximum atomic E-state index is 14.7. The molecular weight excluding hydrogens is 275 g/mol. The van der Waals surface area contributed by atoms with Crippen LogP contribution in [0, 0.1) is 5.82 Å². The van der Waals surface area contributed by atoms with Crippen LogP contribution in [0.15, 0.2) is 42.5 Å². The predicted octanol–water partition coefficient (Wildman–Crippen LogP) is 4.62. The molecule has 0 saturated carbocycles. The number of hydrogen-bond donors (Lipinski definition) is 0. The molecule has 2 aromatic rings. The van der Waals surface area contributed by atoms with Crippen LogP contribution in [0.4, 0.5) is 4.39 Å². The second-order valence-corrected chi connectivity index (χ2v) is 5.24. The molecule has 0 atom stereocenters.